The molecule has 0 saturated carbocycles. The minimum Gasteiger partial charge on any atom is -0.391 e. The number of nitrogens with zero attached hydrogens (tertiary/aromatic N) is 1. The van der Waals surface area contributed by atoms with Crippen molar-refractivity contribution in [2.75, 3.05) is 6.54 Å². The summed E-state index contributed by atoms with van der Waals surface area (Å²) in [6.07, 6.45) is -0.375. The third-order valence-electron chi connectivity index (χ3n) is 2.65. The number of guanidine groups is 1. The molecular formula is C12H17N3O. The SMILES string of the molecule is CC(O)C1CN=C(NCc2ccccc2)N1. The summed E-state index contributed by atoms with van der Waals surface area (Å²) in [5.41, 5.74) is 1.22. The second kappa shape index (κ2) is 4.99. The van der Waals surface area contributed by atoms with Gasteiger partial charge in [0.15, 0.2) is 5.96 Å². The fraction of sp³-hybridized carbons (Fsp3) is 0.417. The predicted molar refractivity (Wildman–Crippen MR) is 64.2 cm³/mol. The van der Waals surface area contributed by atoms with Gasteiger partial charge < -0.3 is 15.7 Å². The molecule has 2 unspecified atom stereocenters. The van der Waals surface area contributed by atoms with Gasteiger partial charge in [-0.2, -0.15) is 0 Å². The van der Waals surface area contributed by atoms with E-state index in [9.17, 15) is 5.11 Å². The van der Waals surface area contributed by atoms with Gasteiger partial charge in [0.05, 0.1) is 18.7 Å². The van der Waals surface area contributed by atoms with Crippen molar-refractivity contribution in [3.63, 3.8) is 0 Å². The number of aliphatic hydroxyl groups excluding tert-OH is 1. The van der Waals surface area contributed by atoms with Crippen molar-refractivity contribution < 1.29 is 5.11 Å². The van der Waals surface area contributed by atoms with E-state index in [1.54, 1.807) is 6.92 Å². The summed E-state index contributed by atoms with van der Waals surface area (Å²) in [5, 5.41) is 15.8. The molecule has 0 saturated heterocycles. The van der Waals surface area contributed by atoms with E-state index in [0.717, 1.165) is 12.5 Å². The molecule has 86 valence electrons. The maximum Gasteiger partial charge on any atom is 0.191 e. The van der Waals surface area contributed by atoms with Gasteiger partial charge in [0.1, 0.15) is 0 Å². The first-order valence-corrected chi connectivity index (χ1v) is 5.52. The van der Waals surface area contributed by atoms with Crippen molar-refractivity contribution in [3.05, 3.63) is 35.9 Å². The van der Waals surface area contributed by atoms with Crippen molar-refractivity contribution >= 4 is 5.96 Å². The van der Waals surface area contributed by atoms with Gasteiger partial charge >= 0.3 is 0 Å². The summed E-state index contributed by atoms with van der Waals surface area (Å²) in [6.45, 7) is 3.15. The first-order valence-electron chi connectivity index (χ1n) is 5.52. The van der Waals surface area contributed by atoms with Crippen LogP contribution in [0.2, 0.25) is 0 Å². The Morgan fingerprint density at radius 3 is 2.88 bits per heavy atom. The van der Waals surface area contributed by atoms with Crippen LogP contribution in [-0.4, -0.2) is 29.8 Å². The van der Waals surface area contributed by atoms with Gasteiger partial charge in [0, 0.05) is 6.54 Å². The van der Waals surface area contributed by atoms with Crippen molar-refractivity contribution in [1.29, 1.82) is 0 Å². The molecule has 2 atom stereocenters. The summed E-state index contributed by atoms with van der Waals surface area (Å²) in [6, 6.07) is 10.2. The normalized spacial score (nSPS) is 21.1. The topological polar surface area (TPSA) is 56.7 Å². The lowest BCUT2D eigenvalue weighted by Gasteiger charge is -2.14. The molecule has 4 nitrogen and oxygen atoms in total. The summed E-state index contributed by atoms with van der Waals surface area (Å²) in [4.78, 5) is 4.29. The molecule has 0 amide bonds. The maximum absolute atomic E-state index is 9.39. The minimum atomic E-state index is -0.375. The number of rotatable bonds is 3. The highest BCUT2D eigenvalue weighted by atomic mass is 16.3. The van der Waals surface area contributed by atoms with Crippen LogP contribution in [0.3, 0.4) is 0 Å². The van der Waals surface area contributed by atoms with E-state index in [1.165, 1.54) is 5.56 Å². The molecule has 3 N–H and O–H groups in total. The molecule has 1 aromatic carbocycles. The Morgan fingerprint density at radius 2 is 2.25 bits per heavy atom. The molecule has 0 bridgehead atoms. The van der Waals surface area contributed by atoms with Crippen LogP contribution < -0.4 is 10.6 Å². The fourth-order valence-electron chi connectivity index (χ4n) is 1.62. The molecule has 16 heavy (non-hydrogen) atoms. The fourth-order valence-corrected chi connectivity index (χ4v) is 1.62. The van der Waals surface area contributed by atoms with Crippen molar-refractivity contribution in [1.82, 2.24) is 10.6 Å². The van der Waals surface area contributed by atoms with E-state index in [4.69, 9.17) is 0 Å². The van der Waals surface area contributed by atoms with E-state index in [-0.39, 0.29) is 12.1 Å². The van der Waals surface area contributed by atoms with E-state index in [2.05, 4.69) is 27.8 Å². The molecule has 1 aliphatic heterocycles. The average Bonchev–Trinajstić information content (AvgIpc) is 2.76. The Hall–Kier alpha value is -1.55. The first kappa shape index (κ1) is 11.0. The molecule has 1 aliphatic rings. The number of hydrogen-bond donors (Lipinski definition) is 3. The van der Waals surface area contributed by atoms with Crippen molar-refractivity contribution in [3.8, 4) is 0 Å². The number of aliphatic hydroxyl groups is 1. The Kier molecular flexibility index (Phi) is 3.41. The van der Waals surface area contributed by atoms with Crippen LogP contribution in [-0.2, 0) is 6.54 Å². The van der Waals surface area contributed by atoms with E-state index in [0.29, 0.717) is 6.54 Å². The summed E-state index contributed by atoms with van der Waals surface area (Å²) >= 11 is 0. The second-order valence-electron chi connectivity index (χ2n) is 4.02. The van der Waals surface area contributed by atoms with Gasteiger partial charge in [-0.1, -0.05) is 30.3 Å². The summed E-state index contributed by atoms with van der Waals surface area (Å²) in [7, 11) is 0. The lowest BCUT2D eigenvalue weighted by Crippen LogP contribution is -2.43. The number of nitrogens with one attached hydrogen (secondary N) is 2. The maximum atomic E-state index is 9.39. The third kappa shape index (κ3) is 2.73. The average molecular weight is 219 g/mol. The lowest BCUT2D eigenvalue weighted by atomic mass is 10.2. The van der Waals surface area contributed by atoms with Crippen LogP contribution >= 0.6 is 0 Å². The molecule has 0 fully saturated rings. The minimum absolute atomic E-state index is 0.0401. The Labute approximate surface area is 95.4 Å². The highest BCUT2D eigenvalue weighted by molar-refractivity contribution is 5.81. The highest BCUT2D eigenvalue weighted by Gasteiger charge is 2.20. The van der Waals surface area contributed by atoms with Crippen LogP contribution in [0.25, 0.3) is 0 Å². The largest absolute Gasteiger partial charge is 0.391 e. The van der Waals surface area contributed by atoms with Crippen LogP contribution in [0.15, 0.2) is 35.3 Å². The van der Waals surface area contributed by atoms with Crippen molar-refractivity contribution in [2.45, 2.75) is 25.6 Å². The van der Waals surface area contributed by atoms with Crippen LogP contribution in [0.4, 0.5) is 0 Å². The zero-order valence-electron chi connectivity index (χ0n) is 9.35. The zero-order valence-corrected chi connectivity index (χ0v) is 9.35. The smallest absolute Gasteiger partial charge is 0.191 e. The van der Waals surface area contributed by atoms with Gasteiger partial charge in [-0.05, 0) is 12.5 Å². The van der Waals surface area contributed by atoms with Gasteiger partial charge in [0.2, 0.25) is 0 Å². The van der Waals surface area contributed by atoms with E-state index in [1.807, 2.05) is 18.2 Å². The summed E-state index contributed by atoms with van der Waals surface area (Å²) < 4.78 is 0. The number of benzene rings is 1. The predicted octanol–water partition coefficient (Wildman–Crippen LogP) is 0.485. The highest BCUT2D eigenvalue weighted by Crippen LogP contribution is 2.01. The molecule has 0 aromatic heterocycles. The van der Waals surface area contributed by atoms with Crippen LogP contribution in [0, 0.1) is 0 Å². The quantitative estimate of drug-likeness (QED) is 0.693. The van der Waals surface area contributed by atoms with Crippen LogP contribution in [0.5, 0.6) is 0 Å². The first-order chi connectivity index (χ1) is 7.75. The molecule has 4 heteroatoms. The number of aliphatic imine (C=N–C) groups is 1. The Balaban J connectivity index is 1.80. The van der Waals surface area contributed by atoms with Gasteiger partial charge in [0.25, 0.3) is 0 Å². The molecule has 0 radical (unpaired) electrons. The Bertz CT molecular complexity index is 362. The standard InChI is InChI=1S/C12H17N3O/c1-9(16)11-8-14-12(15-11)13-7-10-5-3-2-4-6-10/h2-6,9,11,16H,7-8H2,1H3,(H2,13,14,15). The second-order valence-corrected chi connectivity index (χ2v) is 4.02. The zero-order chi connectivity index (χ0) is 11.4. The molecule has 0 spiro atoms. The van der Waals surface area contributed by atoms with Crippen molar-refractivity contribution in [2.24, 2.45) is 4.99 Å². The third-order valence-corrected chi connectivity index (χ3v) is 2.65. The molecular weight excluding hydrogens is 202 g/mol. The van der Waals surface area contributed by atoms with Crippen LogP contribution in [0.1, 0.15) is 12.5 Å². The molecule has 1 heterocycles. The monoisotopic (exact) mass is 219 g/mol. The van der Waals surface area contributed by atoms with E-state index < -0.39 is 0 Å². The molecule has 1 aromatic rings. The van der Waals surface area contributed by atoms with E-state index >= 15 is 0 Å². The Morgan fingerprint density at radius 1 is 1.50 bits per heavy atom. The lowest BCUT2D eigenvalue weighted by molar-refractivity contribution is 0.161. The molecule has 2 rings (SSSR count). The van der Waals surface area contributed by atoms with Gasteiger partial charge in [-0.25, -0.2) is 0 Å². The summed E-state index contributed by atoms with van der Waals surface area (Å²) in [5.74, 6) is 0.773. The van der Waals surface area contributed by atoms with Gasteiger partial charge in [-0.15, -0.1) is 0 Å². The number of hydrogen-bond acceptors (Lipinski definition) is 4. The van der Waals surface area contributed by atoms with Gasteiger partial charge in [-0.3, -0.25) is 4.99 Å². The molecule has 0 aliphatic carbocycles.